The summed E-state index contributed by atoms with van der Waals surface area (Å²) in [4.78, 5) is 19.2. The number of nitrogens with zero attached hydrogens (tertiary/aromatic N) is 7. The molecule has 10 nitrogen and oxygen atoms in total. The highest BCUT2D eigenvalue weighted by atomic mass is 35.5. The second kappa shape index (κ2) is 12.5. The lowest BCUT2D eigenvalue weighted by molar-refractivity contribution is -0.127. The van der Waals surface area contributed by atoms with Crippen molar-refractivity contribution in [3.8, 4) is 11.1 Å². The molecule has 238 valence electrons. The Hall–Kier alpha value is -2.92. The number of ether oxygens (including phenoxy) is 2. The van der Waals surface area contributed by atoms with Gasteiger partial charge in [-0.15, -0.1) is 0 Å². The molecule has 0 saturated carbocycles. The molecule has 0 spiro atoms. The molecule has 44 heavy (non-hydrogen) atoms. The van der Waals surface area contributed by atoms with Crippen LogP contribution in [0.4, 0.5) is 5.82 Å². The fraction of sp³-hybridized carbons (Fsp3) is 0.606. The molecular weight excluding hydrogens is 578 g/mol. The number of carbonyl (C=O) groups is 1. The number of benzene rings is 1. The average molecular weight is 624 g/mol. The maximum Gasteiger partial charge on any atom is 0.245 e. The summed E-state index contributed by atoms with van der Waals surface area (Å²) in [5.74, 6) is 0.973. The number of carbonyl (C=O) groups excluding carboxylic acids is 1. The highest BCUT2D eigenvalue weighted by molar-refractivity contribution is 6.36. The summed E-state index contributed by atoms with van der Waals surface area (Å²) in [6, 6.07) is 2.30. The highest BCUT2D eigenvalue weighted by Gasteiger charge is 2.41. The van der Waals surface area contributed by atoms with Gasteiger partial charge in [0.2, 0.25) is 5.91 Å². The van der Waals surface area contributed by atoms with Crippen molar-refractivity contribution in [2.45, 2.75) is 64.6 Å². The van der Waals surface area contributed by atoms with Crippen LogP contribution in [0.15, 0.2) is 24.9 Å². The van der Waals surface area contributed by atoms with Crippen molar-refractivity contribution < 1.29 is 14.3 Å². The van der Waals surface area contributed by atoms with Gasteiger partial charge in [0.15, 0.2) is 5.82 Å². The van der Waals surface area contributed by atoms with Crippen LogP contribution in [0.25, 0.3) is 22.0 Å². The Morgan fingerprint density at radius 3 is 2.64 bits per heavy atom. The molecule has 3 aliphatic heterocycles. The number of fused-ring (bicyclic) bond motifs is 1. The summed E-state index contributed by atoms with van der Waals surface area (Å²) < 4.78 is 15.8. The van der Waals surface area contributed by atoms with Crippen molar-refractivity contribution in [1.29, 1.82) is 0 Å². The molecule has 3 fully saturated rings. The van der Waals surface area contributed by atoms with Crippen LogP contribution in [0.1, 0.15) is 50.4 Å². The van der Waals surface area contributed by atoms with Crippen molar-refractivity contribution in [1.82, 2.24) is 29.4 Å². The Labute approximate surface area is 265 Å². The molecule has 1 amide bonds. The van der Waals surface area contributed by atoms with Crippen LogP contribution < -0.4 is 4.90 Å². The first-order chi connectivity index (χ1) is 21.1. The molecule has 1 aromatic carbocycles. The molecule has 2 atom stereocenters. The van der Waals surface area contributed by atoms with Gasteiger partial charge in [0.1, 0.15) is 0 Å². The van der Waals surface area contributed by atoms with E-state index in [-0.39, 0.29) is 23.6 Å². The Kier molecular flexibility index (Phi) is 8.80. The molecule has 11 heteroatoms. The van der Waals surface area contributed by atoms with E-state index in [1.165, 1.54) is 6.08 Å². The van der Waals surface area contributed by atoms with Crippen LogP contribution in [-0.2, 0) is 21.3 Å². The van der Waals surface area contributed by atoms with Gasteiger partial charge in [-0.05, 0) is 57.7 Å². The van der Waals surface area contributed by atoms with Crippen LogP contribution in [0.3, 0.4) is 0 Å². The number of piperidine rings is 1. The van der Waals surface area contributed by atoms with Crippen LogP contribution in [0.5, 0.6) is 0 Å². The quantitative estimate of drug-likeness (QED) is 0.351. The molecule has 3 aromatic rings. The Balaban J connectivity index is 1.43. The zero-order valence-electron chi connectivity index (χ0n) is 26.8. The molecule has 6 rings (SSSR count). The van der Waals surface area contributed by atoms with Gasteiger partial charge in [-0.2, -0.15) is 10.2 Å². The maximum absolute atomic E-state index is 12.3. The zero-order chi connectivity index (χ0) is 31.2. The minimum atomic E-state index is -0.155. The van der Waals surface area contributed by atoms with E-state index < -0.39 is 0 Å². The molecule has 2 aromatic heterocycles. The maximum atomic E-state index is 12.3. The Morgan fingerprint density at radius 2 is 1.95 bits per heavy atom. The minimum absolute atomic E-state index is 0.00528. The fourth-order valence-electron chi connectivity index (χ4n) is 7.35. The summed E-state index contributed by atoms with van der Waals surface area (Å²) >= 11 is 7.22. The third kappa shape index (κ3) is 5.55. The second-order valence-corrected chi connectivity index (χ2v) is 13.3. The minimum Gasteiger partial charge on any atom is -0.376 e. The standard InChI is InChI=1S/C33H46ClN7O3/c1-7-28(42)39-11-9-24(10-12-39)41-23(4)29(30-26-18-35-37(6)27(26)17-22(3)31(30)34)32(36-41)40-14-13-38(21-33(40,5)8-2)19-25-20-43-15-16-44-25/h7,17-18,24-25H,1,8-16,19-21H2,2-6H3/t25-,33+/m1/s1. The third-order valence-corrected chi connectivity index (χ3v) is 10.6. The molecule has 0 N–H and O–H groups in total. The number of anilines is 1. The van der Waals surface area contributed by atoms with Crippen molar-refractivity contribution in [3.05, 3.63) is 41.2 Å². The van der Waals surface area contributed by atoms with Crippen LogP contribution in [0.2, 0.25) is 5.02 Å². The molecule has 3 saturated heterocycles. The van der Waals surface area contributed by atoms with Crippen molar-refractivity contribution in [3.63, 3.8) is 0 Å². The number of likely N-dealkylation sites (tertiary alicyclic amines) is 1. The van der Waals surface area contributed by atoms with Crippen LogP contribution in [0, 0.1) is 13.8 Å². The normalized spacial score (nSPS) is 23.9. The summed E-state index contributed by atoms with van der Waals surface area (Å²) in [6.07, 6.45) is 6.09. The SMILES string of the molecule is C=CC(=O)N1CCC(n2nc(N3CCN(C[C@@H]4COCCO4)C[C@]3(C)CC)c(-c3c(Cl)c(C)cc4c3cnn4C)c2C)CC1. The first-order valence-electron chi connectivity index (χ1n) is 16.0. The van der Waals surface area contributed by atoms with E-state index in [9.17, 15) is 4.79 Å². The third-order valence-electron chi connectivity index (χ3n) is 10.1. The predicted molar refractivity (Wildman–Crippen MR) is 175 cm³/mol. The zero-order valence-corrected chi connectivity index (χ0v) is 27.6. The number of halogens is 1. The van der Waals surface area contributed by atoms with Gasteiger partial charge >= 0.3 is 0 Å². The van der Waals surface area contributed by atoms with E-state index in [0.29, 0.717) is 32.9 Å². The summed E-state index contributed by atoms with van der Waals surface area (Å²) in [5, 5.41) is 11.9. The molecule has 0 aliphatic carbocycles. The predicted octanol–water partition coefficient (Wildman–Crippen LogP) is 4.76. The van der Waals surface area contributed by atoms with E-state index >= 15 is 0 Å². The lowest BCUT2D eigenvalue weighted by Crippen LogP contribution is -2.62. The summed E-state index contributed by atoms with van der Waals surface area (Å²) in [5.41, 5.74) is 5.09. The topological polar surface area (TPSA) is 80.9 Å². The van der Waals surface area contributed by atoms with Crippen molar-refractivity contribution >= 4 is 34.2 Å². The molecule has 0 bridgehead atoms. The van der Waals surface area contributed by atoms with E-state index in [2.05, 4.69) is 59.9 Å². The van der Waals surface area contributed by atoms with E-state index in [1.54, 1.807) is 0 Å². The van der Waals surface area contributed by atoms with Crippen LogP contribution in [-0.4, -0.2) is 106 Å². The molecule has 3 aliphatic rings. The van der Waals surface area contributed by atoms with Gasteiger partial charge in [-0.1, -0.05) is 25.1 Å². The lowest BCUT2D eigenvalue weighted by atomic mass is 9.91. The molecule has 0 unspecified atom stereocenters. The fourth-order valence-corrected chi connectivity index (χ4v) is 7.60. The van der Waals surface area contributed by atoms with Gasteiger partial charge in [0.25, 0.3) is 0 Å². The summed E-state index contributed by atoms with van der Waals surface area (Å²) in [7, 11) is 1.98. The van der Waals surface area contributed by atoms with Crippen molar-refractivity contribution in [2.75, 3.05) is 64.0 Å². The average Bonchev–Trinajstić information content (AvgIpc) is 3.56. The summed E-state index contributed by atoms with van der Waals surface area (Å²) in [6.45, 7) is 19.4. The van der Waals surface area contributed by atoms with E-state index in [0.717, 1.165) is 89.6 Å². The number of aromatic nitrogens is 4. The van der Waals surface area contributed by atoms with Gasteiger partial charge in [-0.3, -0.25) is 19.1 Å². The van der Waals surface area contributed by atoms with Crippen molar-refractivity contribution in [2.24, 2.45) is 7.05 Å². The Bertz CT molecular complexity index is 1540. The first-order valence-corrected chi connectivity index (χ1v) is 16.3. The molecule has 5 heterocycles. The van der Waals surface area contributed by atoms with E-state index in [4.69, 9.17) is 26.2 Å². The van der Waals surface area contributed by atoms with Gasteiger partial charge in [0, 0.05) is 68.5 Å². The number of rotatable bonds is 7. The van der Waals surface area contributed by atoms with Gasteiger partial charge in [0.05, 0.1) is 54.2 Å². The number of hydrogen-bond acceptors (Lipinski definition) is 7. The first kappa shape index (κ1) is 31.1. The van der Waals surface area contributed by atoms with Gasteiger partial charge < -0.3 is 19.3 Å². The largest absolute Gasteiger partial charge is 0.376 e. The van der Waals surface area contributed by atoms with Gasteiger partial charge in [-0.25, -0.2) is 0 Å². The Morgan fingerprint density at radius 1 is 1.18 bits per heavy atom. The smallest absolute Gasteiger partial charge is 0.245 e. The molecule has 0 radical (unpaired) electrons. The second-order valence-electron chi connectivity index (χ2n) is 12.9. The monoisotopic (exact) mass is 623 g/mol. The molecular formula is C33H46ClN7O3. The highest BCUT2D eigenvalue weighted by Crippen LogP contribution is 2.46. The number of amides is 1. The van der Waals surface area contributed by atoms with E-state index in [1.807, 2.05) is 22.8 Å². The number of aryl methyl sites for hydroxylation is 2. The van der Waals surface area contributed by atoms with Crippen LogP contribution >= 0.6 is 11.6 Å². The number of hydrogen-bond donors (Lipinski definition) is 0. The number of piperazine rings is 1. The lowest BCUT2D eigenvalue weighted by Gasteiger charge is -2.50.